The number of aromatic nitrogens is 3. The van der Waals surface area contributed by atoms with Crippen LogP contribution >= 0.6 is 0 Å². The van der Waals surface area contributed by atoms with Crippen molar-refractivity contribution in [2.45, 2.75) is 26.3 Å². The molecule has 1 N–H and O–H groups in total. The first-order chi connectivity index (χ1) is 18.9. The number of pyridine rings is 1. The number of hydrogen-bond donors (Lipinski definition) is 1. The molecule has 0 amide bonds. The minimum Gasteiger partial charge on any atom is -0.478 e. The highest BCUT2D eigenvalue weighted by Crippen LogP contribution is 2.35. The molecule has 6 nitrogen and oxygen atoms in total. The fraction of sp³-hybridized carbons (Fsp3) is 0.212. The van der Waals surface area contributed by atoms with Gasteiger partial charge in [-0.2, -0.15) is 0 Å². The van der Waals surface area contributed by atoms with Crippen molar-refractivity contribution in [2.24, 2.45) is 0 Å². The minimum atomic E-state index is -0.946. The molecule has 0 saturated heterocycles. The number of carboxylic acid groups (broad SMARTS) is 1. The van der Waals surface area contributed by atoms with E-state index in [-0.39, 0.29) is 0 Å². The molecule has 0 fully saturated rings. The normalized spacial score (nSPS) is 11.8. The molecule has 0 bridgehead atoms. The van der Waals surface area contributed by atoms with Crippen LogP contribution in [0.1, 0.15) is 33.6 Å². The summed E-state index contributed by atoms with van der Waals surface area (Å²) >= 11 is 0. The molecule has 0 aliphatic carbocycles. The SMILES string of the molecule is Cc1cccc2c1c(Cc1c(-c3ccc4ccccc4c3C(=O)O)nc3ccccn13)cn2CCCN(C)C. The van der Waals surface area contributed by atoms with Crippen molar-refractivity contribution >= 4 is 33.3 Å². The van der Waals surface area contributed by atoms with Crippen molar-refractivity contribution in [3.8, 4) is 11.3 Å². The number of hydrogen-bond acceptors (Lipinski definition) is 3. The molecular weight excluding hydrogens is 484 g/mol. The van der Waals surface area contributed by atoms with Crippen molar-refractivity contribution in [2.75, 3.05) is 20.6 Å². The summed E-state index contributed by atoms with van der Waals surface area (Å²) in [5, 5.41) is 13.2. The number of benzene rings is 3. The molecule has 0 radical (unpaired) electrons. The molecule has 0 saturated carbocycles. The first-order valence-electron chi connectivity index (χ1n) is 13.4. The molecule has 0 atom stereocenters. The standard InChI is InChI=1S/C33H32N4O2/c1-22-10-8-13-27-30(22)24(21-36(27)18-9-17-35(2)3)20-28-32(34-29-14-6-7-19-37(28)29)26-16-15-23-11-4-5-12-25(23)31(26)33(38)39/h4-8,10-16,19,21H,9,17-18,20H2,1-3H3,(H,38,39). The minimum absolute atomic E-state index is 0.292. The van der Waals surface area contributed by atoms with Crippen LogP contribution in [0.4, 0.5) is 0 Å². The summed E-state index contributed by atoms with van der Waals surface area (Å²) < 4.78 is 4.46. The van der Waals surface area contributed by atoms with Crippen LogP contribution in [0.2, 0.25) is 0 Å². The summed E-state index contributed by atoms with van der Waals surface area (Å²) in [5.74, 6) is -0.946. The second kappa shape index (κ2) is 10.0. The average molecular weight is 517 g/mol. The van der Waals surface area contributed by atoms with Crippen molar-refractivity contribution in [3.63, 3.8) is 0 Å². The van der Waals surface area contributed by atoms with Crippen LogP contribution in [0, 0.1) is 6.92 Å². The maximum absolute atomic E-state index is 12.6. The molecule has 0 unspecified atom stereocenters. The Kier molecular flexibility index (Phi) is 6.41. The van der Waals surface area contributed by atoms with Gasteiger partial charge in [-0.25, -0.2) is 9.78 Å². The molecule has 0 aliphatic heterocycles. The number of fused-ring (bicyclic) bond motifs is 3. The Balaban J connectivity index is 1.54. The van der Waals surface area contributed by atoms with E-state index in [0.29, 0.717) is 23.2 Å². The van der Waals surface area contributed by atoms with Gasteiger partial charge in [-0.1, -0.05) is 54.6 Å². The monoisotopic (exact) mass is 516 g/mol. The summed E-state index contributed by atoms with van der Waals surface area (Å²) in [6.45, 7) is 4.13. The first kappa shape index (κ1) is 24.9. The second-order valence-electron chi connectivity index (χ2n) is 10.5. The highest BCUT2D eigenvalue weighted by molar-refractivity contribution is 6.09. The number of carbonyl (C=O) groups is 1. The highest BCUT2D eigenvalue weighted by Gasteiger charge is 2.23. The maximum Gasteiger partial charge on any atom is 0.337 e. The van der Waals surface area contributed by atoms with Gasteiger partial charge in [0.1, 0.15) is 5.65 Å². The quantitative estimate of drug-likeness (QED) is 0.246. The smallest absolute Gasteiger partial charge is 0.337 e. The lowest BCUT2D eigenvalue weighted by Crippen LogP contribution is -2.14. The van der Waals surface area contributed by atoms with E-state index in [1.54, 1.807) is 0 Å². The molecule has 3 aromatic carbocycles. The van der Waals surface area contributed by atoms with Crippen molar-refractivity contribution in [3.05, 3.63) is 108 Å². The van der Waals surface area contributed by atoms with Crippen LogP contribution < -0.4 is 0 Å². The number of carboxylic acids is 1. The third-order valence-corrected chi connectivity index (χ3v) is 7.58. The summed E-state index contributed by atoms with van der Waals surface area (Å²) in [4.78, 5) is 19.8. The van der Waals surface area contributed by atoms with Gasteiger partial charge in [0.2, 0.25) is 0 Å². The van der Waals surface area contributed by atoms with E-state index in [0.717, 1.165) is 41.6 Å². The van der Waals surface area contributed by atoms with Gasteiger partial charge in [0.15, 0.2) is 0 Å². The Morgan fingerprint density at radius 1 is 0.974 bits per heavy atom. The van der Waals surface area contributed by atoms with Crippen LogP contribution in [0.25, 0.3) is 38.6 Å². The van der Waals surface area contributed by atoms with Gasteiger partial charge in [0, 0.05) is 41.8 Å². The Bertz CT molecular complexity index is 1840. The summed E-state index contributed by atoms with van der Waals surface area (Å²) in [5.41, 5.74) is 7.13. The topological polar surface area (TPSA) is 62.8 Å². The zero-order chi connectivity index (χ0) is 27.1. The van der Waals surface area contributed by atoms with Crippen LogP contribution in [-0.2, 0) is 13.0 Å². The molecule has 3 aromatic heterocycles. The van der Waals surface area contributed by atoms with Gasteiger partial charge >= 0.3 is 5.97 Å². The number of imidazole rings is 1. The summed E-state index contributed by atoms with van der Waals surface area (Å²) in [7, 11) is 4.21. The Morgan fingerprint density at radius 3 is 2.62 bits per heavy atom. The number of aryl methyl sites for hydroxylation is 2. The predicted octanol–water partition coefficient (Wildman–Crippen LogP) is 6.66. The zero-order valence-electron chi connectivity index (χ0n) is 22.6. The van der Waals surface area contributed by atoms with Gasteiger partial charge in [-0.3, -0.25) is 0 Å². The van der Waals surface area contributed by atoms with Crippen molar-refractivity contribution in [1.29, 1.82) is 0 Å². The summed E-state index contributed by atoms with van der Waals surface area (Å²) in [6.07, 6.45) is 5.99. The van der Waals surface area contributed by atoms with Crippen LogP contribution in [-0.4, -0.2) is 50.6 Å². The van der Waals surface area contributed by atoms with E-state index >= 15 is 0 Å². The maximum atomic E-state index is 12.6. The van der Waals surface area contributed by atoms with E-state index in [2.05, 4.69) is 59.3 Å². The molecule has 0 aliphatic rings. The van der Waals surface area contributed by atoms with Crippen molar-refractivity contribution < 1.29 is 9.90 Å². The Labute approximate surface area is 227 Å². The van der Waals surface area contributed by atoms with Gasteiger partial charge in [-0.05, 0) is 74.1 Å². The van der Waals surface area contributed by atoms with Crippen LogP contribution in [0.5, 0.6) is 0 Å². The van der Waals surface area contributed by atoms with Gasteiger partial charge in [0.05, 0.1) is 17.0 Å². The Morgan fingerprint density at radius 2 is 1.79 bits per heavy atom. The van der Waals surface area contributed by atoms with Gasteiger partial charge < -0.3 is 19.0 Å². The lowest BCUT2D eigenvalue weighted by atomic mass is 9.94. The van der Waals surface area contributed by atoms with E-state index in [1.165, 1.54) is 22.0 Å². The van der Waals surface area contributed by atoms with Gasteiger partial charge in [0.25, 0.3) is 0 Å². The number of aromatic carboxylic acids is 1. The third kappa shape index (κ3) is 4.47. The van der Waals surface area contributed by atoms with Crippen LogP contribution in [0.15, 0.2) is 85.2 Å². The van der Waals surface area contributed by atoms with E-state index in [4.69, 9.17) is 4.98 Å². The zero-order valence-corrected chi connectivity index (χ0v) is 22.6. The van der Waals surface area contributed by atoms with Crippen LogP contribution in [0.3, 0.4) is 0 Å². The lowest BCUT2D eigenvalue weighted by molar-refractivity contribution is 0.0700. The van der Waals surface area contributed by atoms with E-state index in [1.807, 2.05) is 60.8 Å². The highest BCUT2D eigenvalue weighted by atomic mass is 16.4. The number of rotatable bonds is 8. The average Bonchev–Trinajstić information content (AvgIpc) is 3.47. The fourth-order valence-corrected chi connectivity index (χ4v) is 5.82. The first-order valence-corrected chi connectivity index (χ1v) is 13.4. The van der Waals surface area contributed by atoms with E-state index in [9.17, 15) is 9.90 Å². The molecule has 6 aromatic rings. The molecule has 3 heterocycles. The Hall–Kier alpha value is -4.42. The molecule has 39 heavy (non-hydrogen) atoms. The summed E-state index contributed by atoms with van der Waals surface area (Å²) in [6, 6.07) is 24.0. The largest absolute Gasteiger partial charge is 0.478 e. The van der Waals surface area contributed by atoms with E-state index < -0.39 is 5.97 Å². The molecule has 0 spiro atoms. The molecule has 6 rings (SSSR count). The number of nitrogens with zero attached hydrogens (tertiary/aromatic N) is 4. The van der Waals surface area contributed by atoms with Crippen molar-refractivity contribution in [1.82, 2.24) is 18.9 Å². The fourth-order valence-electron chi connectivity index (χ4n) is 5.82. The lowest BCUT2D eigenvalue weighted by Gasteiger charge is -2.11. The third-order valence-electron chi connectivity index (χ3n) is 7.58. The molecule has 196 valence electrons. The molecule has 6 heteroatoms. The predicted molar refractivity (Wildman–Crippen MR) is 158 cm³/mol. The second-order valence-corrected chi connectivity index (χ2v) is 10.5. The molecular formula is C33H32N4O2. The van der Waals surface area contributed by atoms with Gasteiger partial charge in [-0.15, -0.1) is 0 Å².